The highest BCUT2D eigenvalue weighted by molar-refractivity contribution is 5.88. The standard InChI is InChI=1S/C42H46N2O6/c1-27(21-29(3)45)43-17-19-49-41-35-13-7-14-36(41)24-32-10-6-12-34(40(32)48)26-38-16-8-15-37(25-33-11-5-9-31(23-35)39(33)47)42(38)50-20-18-44-28(2)22-30(4)46/h5-16,21-22,43-44,47-48H,17-20,23-26H2,1-4H3/b27-21-,28-22+. The Morgan fingerprint density at radius 1 is 0.540 bits per heavy atom. The number of ketones is 2. The number of benzene rings is 4. The molecule has 0 spiro atoms. The van der Waals surface area contributed by atoms with Crippen molar-refractivity contribution in [3.63, 3.8) is 0 Å². The summed E-state index contributed by atoms with van der Waals surface area (Å²) in [7, 11) is 0. The van der Waals surface area contributed by atoms with E-state index in [9.17, 15) is 19.8 Å². The first-order chi connectivity index (χ1) is 24.1. The number of rotatable bonds is 12. The molecular formula is C42H46N2O6. The Morgan fingerprint density at radius 3 is 1.10 bits per heavy atom. The number of ether oxygens (including phenoxy) is 2. The van der Waals surface area contributed by atoms with Gasteiger partial charge in [-0.25, -0.2) is 0 Å². The van der Waals surface area contributed by atoms with Gasteiger partial charge in [-0.2, -0.15) is 0 Å². The predicted molar refractivity (Wildman–Crippen MR) is 196 cm³/mol. The predicted octanol–water partition coefficient (Wildman–Crippen LogP) is 6.70. The summed E-state index contributed by atoms with van der Waals surface area (Å²) in [6, 6.07) is 23.7. The second-order valence-corrected chi connectivity index (χ2v) is 12.8. The number of hydrogen-bond acceptors (Lipinski definition) is 8. The third-order valence-corrected chi connectivity index (χ3v) is 8.63. The number of hydrogen-bond donors (Lipinski definition) is 4. The van der Waals surface area contributed by atoms with Crippen LogP contribution in [0.3, 0.4) is 0 Å². The maximum Gasteiger partial charge on any atom is 0.154 e. The van der Waals surface area contributed by atoms with Crippen LogP contribution in [-0.4, -0.2) is 48.1 Å². The molecule has 1 aliphatic carbocycles. The summed E-state index contributed by atoms with van der Waals surface area (Å²) in [5.74, 6) is 1.85. The van der Waals surface area contributed by atoms with E-state index in [0.29, 0.717) is 63.5 Å². The summed E-state index contributed by atoms with van der Waals surface area (Å²) < 4.78 is 12.9. The first-order valence-corrected chi connectivity index (χ1v) is 17.0. The van der Waals surface area contributed by atoms with Gasteiger partial charge in [0.25, 0.3) is 0 Å². The smallest absolute Gasteiger partial charge is 0.154 e. The van der Waals surface area contributed by atoms with Crippen molar-refractivity contribution in [2.75, 3.05) is 26.3 Å². The molecule has 0 saturated heterocycles. The van der Waals surface area contributed by atoms with Crippen molar-refractivity contribution in [3.05, 3.63) is 141 Å². The van der Waals surface area contributed by atoms with Crippen molar-refractivity contribution in [1.82, 2.24) is 10.6 Å². The van der Waals surface area contributed by atoms with Gasteiger partial charge < -0.3 is 30.3 Å². The Bertz CT molecular complexity index is 1700. The third kappa shape index (κ3) is 9.35. The van der Waals surface area contributed by atoms with E-state index in [4.69, 9.17) is 9.47 Å². The van der Waals surface area contributed by atoms with Crippen LogP contribution in [-0.2, 0) is 35.3 Å². The zero-order valence-corrected chi connectivity index (χ0v) is 29.3. The number of nitrogens with one attached hydrogen (secondary N) is 2. The highest BCUT2D eigenvalue weighted by Gasteiger charge is 2.20. The van der Waals surface area contributed by atoms with Crippen LogP contribution in [0.25, 0.3) is 0 Å². The quantitative estimate of drug-likeness (QED) is 0.0854. The number of phenols is 2. The minimum absolute atomic E-state index is 0.0224. The van der Waals surface area contributed by atoms with Crippen molar-refractivity contribution < 1.29 is 29.3 Å². The molecule has 0 fully saturated rings. The van der Waals surface area contributed by atoms with E-state index in [1.54, 1.807) is 12.2 Å². The highest BCUT2D eigenvalue weighted by Crippen LogP contribution is 2.38. The third-order valence-electron chi connectivity index (χ3n) is 8.63. The number of aromatic hydroxyl groups is 2. The van der Waals surface area contributed by atoms with Crippen LogP contribution >= 0.6 is 0 Å². The lowest BCUT2D eigenvalue weighted by Crippen LogP contribution is -2.20. The summed E-state index contributed by atoms with van der Waals surface area (Å²) in [5.41, 5.74) is 8.31. The zero-order chi connectivity index (χ0) is 35.6. The minimum atomic E-state index is -0.0224. The average molecular weight is 675 g/mol. The van der Waals surface area contributed by atoms with E-state index in [2.05, 4.69) is 10.6 Å². The molecule has 8 bridgehead atoms. The van der Waals surface area contributed by atoms with Gasteiger partial charge in [-0.05, 0) is 84.4 Å². The first kappa shape index (κ1) is 35.8. The molecule has 4 aromatic rings. The number of phenolic OH excluding ortho intramolecular Hbond substituents is 2. The molecule has 0 radical (unpaired) electrons. The fraction of sp³-hybridized carbons (Fsp3) is 0.286. The van der Waals surface area contributed by atoms with E-state index in [1.165, 1.54) is 13.8 Å². The van der Waals surface area contributed by atoms with E-state index in [-0.39, 0.29) is 23.1 Å². The van der Waals surface area contributed by atoms with Crippen LogP contribution < -0.4 is 20.1 Å². The van der Waals surface area contributed by atoms with E-state index in [0.717, 1.165) is 55.9 Å². The first-order valence-electron chi connectivity index (χ1n) is 17.0. The molecule has 0 amide bonds. The number of carbonyl (C=O) groups is 2. The normalized spacial score (nSPS) is 13.0. The van der Waals surface area contributed by atoms with Crippen LogP contribution in [0.5, 0.6) is 23.0 Å². The molecule has 0 aromatic heterocycles. The lowest BCUT2D eigenvalue weighted by Gasteiger charge is -2.21. The molecule has 1 aliphatic rings. The Hall–Kier alpha value is -5.50. The van der Waals surface area contributed by atoms with Crippen molar-refractivity contribution in [2.45, 2.75) is 53.4 Å². The van der Waals surface area contributed by atoms with Gasteiger partial charge >= 0.3 is 0 Å². The van der Waals surface area contributed by atoms with Gasteiger partial charge in [0.1, 0.15) is 36.2 Å². The van der Waals surface area contributed by atoms with Gasteiger partial charge in [0.05, 0.1) is 0 Å². The molecule has 8 heteroatoms. The number of fused-ring (bicyclic) bond motifs is 8. The maximum atomic E-state index is 11.6. The topological polar surface area (TPSA) is 117 Å². The zero-order valence-electron chi connectivity index (χ0n) is 29.3. The Balaban J connectivity index is 1.52. The lowest BCUT2D eigenvalue weighted by atomic mass is 9.91. The summed E-state index contributed by atoms with van der Waals surface area (Å²) >= 11 is 0. The van der Waals surface area contributed by atoms with Crippen molar-refractivity contribution in [3.8, 4) is 23.0 Å². The van der Waals surface area contributed by atoms with Gasteiger partial charge in [0.15, 0.2) is 11.6 Å². The molecule has 0 atom stereocenters. The van der Waals surface area contributed by atoms with Crippen LogP contribution in [0.4, 0.5) is 0 Å². The molecule has 4 N–H and O–H groups in total. The highest BCUT2D eigenvalue weighted by atomic mass is 16.5. The fourth-order valence-corrected chi connectivity index (χ4v) is 6.40. The Kier molecular flexibility index (Phi) is 12.0. The summed E-state index contributed by atoms with van der Waals surface area (Å²) in [4.78, 5) is 22.9. The van der Waals surface area contributed by atoms with Crippen LogP contribution in [0.2, 0.25) is 0 Å². The number of carbonyl (C=O) groups excluding carboxylic acids is 2. The summed E-state index contributed by atoms with van der Waals surface area (Å²) in [5, 5.41) is 29.7. The molecule has 0 heterocycles. The number of para-hydroxylation sites is 4. The van der Waals surface area contributed by atoms with Gasteiger partial charge in [0.2, 0.25) is 0 Å². The number of allylic oxidation sites excluding steroid dienone is 4. The molecule has 8 nitrogen and oxygen atoms in total. The lowest BCUT2D eigenvalue weighted by molar-refractivity contribution is -0.113. The van der Waals surface area contributed by atoms with Gasteiger partial charge in [-0.15, -0.1) is 0 Å². The molecule has 0 unspecified atom stereocenters. The van der Waals surface area contributed by atoms with Crippen LogP contribution in [0.1, 0.15) is 72.2 Å². The van der Waals surface area contributed by atoms with Crippen molar-refractivity contribution >= 4 is 11.6 Å². The minimum Gasteiger partial charge on any atom is -0.507 e. The SMILES string of the molecule is CC(=O)/C=C(/C)NCCOc1c2cccc1Cc1cccc(c1O)Cc1cccc(c1OCCN/C(C)=C/C(C)=O)Cc1cccc(c1O)C2. The largest absolute Gasteiger partial charge is 0.507 e. The summed E-state index contributed by atoms with van der Waals surface area (Å²) in [6.45, 7) is 8.43. The van der Waals surface area contributed by atoms with Gasteiger partial charge in [-0.3, -0.25) is 9.59 Å². The second-order valence-electron chi connectivity index (χ2n) is 12.8. The molecule has 0 saturated carbocycles. The molecule has 5 rings (SSSR count). The van der Waals surface area contributed by atoms with E-state index in [1.807, 2.05) is 86.6 Å². The molecule has 50 heavy (non-hydrogen) atoms. The summed E-state index contributed by atoms with van der Waals surface area (Å²) in [6.07, 6.45) is 4.86. The van der Waals surface area contributed by atoms with Gasteiger partial charge in [-0.1, -0.05) is 72.8 Å². The molecular weight excluding hydrogens is 628 g/mol. The maximum absolute atomic E-state index is 11.6. The molecule has 260 valence electrons. The molecule has 0 aliphatic heterocycles. The van der Waals surface area contributed by atoms with Crippen molar-refractivity contribution in [2.24, 2.45) is 0 Å². The average Bonchev–Trinajstić information content (AvgIpc) is 3.05. The molecule has 4 aromatic carbocycles. The van der Waals surface area contributed by atoms with Gasteiger partial charge in [0, 0.05) is 50.2 Å². The monoisotopic (exact) mass is 674 g/mol. The van der Waals surface area contributed by atoms with Crippen LogP contribution in [0.15, 0.2) is 96.3 Å². The van der Waals surface area contributed by atoms with Crippen LogP contribution in [0, 0.1) is 0 Å². The van der Waals surface area contributed by atoms with E-state index < -0.39 is 0 Å². The van der Waals surface area contributed by atoms with E-state index >= 15 is 0 Å². The Labute approximate surface area is 294 Å². The second kappa shape index (κ2) is 16.7. The van der Waals surface area contributed by atoms with Crippen molar-refractivity contribution in [1.29, 1.82) is 0 Å². The Morgan fingerprint density at radius 2 is 0.820 bits per heavy atom. The fourth-order valence-electron chi connectivity index (χ4n) is 6.40.